The molecule has 0 saturated carbocycles. The van der Waals surface area contributed by atoms with Crippen molar-refractivity contribution >= 4 is 17.7 Å². The highest BCUT2D eigenvalue weighted by Gasteiger charge is 2.36. The van der Waals surface area contributed by atoms with E-state index in [1.165, 1.54) is 12.1 Å². The molecule has 0 radical (unpaired) electrons. The molecule has 0 saturated heterocycles. The molecule has 0 fully saturated rings. The molecule has 0 aliphatic rings. The number of halogens is 1. The fourth-order valence-electron chi connectivity index (χ4n) is 1.85. The summed E-state index contributed by atoms with van der Waals surface area (Å²) in [7, 11) is 0. The van der Waals surface area contributed by atoms with Crippen LogP contribution in [0, 0.1) is 17.1 Å². The number of amides is 2. The van der Waals surface area contributed by atoms with E-state index in [0.29, 0.717) is 0 Å². The van der Waals surface area contributed by atoms with Crippen molar-refractivity contribution in [2.45, 2.75) is 32.2 Å². The Morgan fingerprint density at radius 1 is 1.38 bits per heavy atom. The number of carboxylic acids is 1. The second kappa shape index (κ2) is 6.70. The number of carboxylic acid groups (broad SMARTS) is 1. The van der Waals surface area contributed by atoms with E-state index in [4.69, 9.17) is 5.26 Å². The minimum atomic E-state index is -1.36. The van der Waals surface area contributed by atoms with Gasteiger partial charge >= 0.3 is 12.0 Å². The van der Waals surface area contributed by atoms with Crippen LogP contribution in [0.25, 0.3) is 0 Å². The second-order valence-corrected chi connectivity index (χ2v) is 4.48. The molecule has 21 heavy (non-hydrogen) atoms. The van der Waals surface area contributed by atoms with Gasteiger partial charge in [0.25, 0.3) is 0 Å². The zero-order valence-corrected chi connectivity index (χ0v) is 11.7. The Morgan fingerprint density at radius 3 is 2.48 bits per heavy atom. The van der Waals surface area contributed by atoms with Crippen molar-refractivity contribution in [1.82, 2.24) is 5.32 Å². The monoisotopic (exact) mass is 293 g/mol. The van der Waals surface area contributed by atoms with E-state index in [2.05, 4.69) is 10.6 Å². The molecule has 3 N–H and O–H groups in total. The van der Waals surface area contributed by atoms with Gasteiger partial charge in [-0.25, -0.2) is 14.0 Å². The molecule has 6 nitrogen and oxygen atoms in total. The van der Waals surface area contributed by atoms with Crippen LogP contribution in [0.3, 0.4) is 0 Å². The number of benzene rings is 1. The summed E-state index contributed by atoms with van der Waals surface area (Å²) in [5.74, 6) is -1.81. The van der Waals surface area contributed by atoms with Crippen molar-refractivity contribution in [2.24, 2.45) is 0 Å². The van der Waals surface area contributed by atoms with Crippen LogP contribution < -0.4 is 10.6 Å². The molecule has 0 bridgehead atoms. The molecule has 7 heteroatoms. The van der Waals surface area contributed by atoms with E-state index in [0.717, 1.165) is 6.07 Å². The van der Waals surface area contributed by atoms with Crippen LogP contribution in [0.1, 0.15) is 32.3 Å². The first-order valence-electron chi connectivity index (χ1n) is 6.40. The summed E-state index contributed by atoms with van der Waals surface area (Å²) in [6.07, 6.45) is 0.443. The zero-order chi connectivity index (χ0) is 16.0. The standard InChI is InChI=1S/C14H16FN3O3/c1-3-14(4-2,12(19)20)18-13(21)17-10-5-6-11(15)9(7-10)8-16/h5-7H,3-4H2,1-2H3,(H,19,20)(H2,17,18,21). The van der Waals surface area contributed by atoms with Gasteiger partial charge in [0.05, 0.1) is 5.56 Å². The van der Waals surface area contributed by atoms with Crippen LogP contribution >= 0.6 is 0 Å². The smallest absolute Gasteiger partial charge is 0.329 e. The number of rotatable bonds is 5. The fraction of sp³-hybridized carbons (Fsp3) is 0.357. The Morgan fingerprint density at radius 2 is 2.00 bits per heavy atom. The highest BCUT2D eigenvalue weighted by Crippen LogP contribution is 2.17. The van der Waals surface area contributed by atoms with Gasteiger partial charge in [-0.2, -0.15) is 5.26 Å². The van der Waals surface area contributed by atoms with Gasteiger partial charge in [0, 0.05) is 5.69 Å². The first kappa shape index (κ1) is 16.4. The first-order chi connectivity index (χ1) is 9.88. The van der Waals surface area contributed by atoms with Crippen LogP contribution in [-0.2, 0) is 4.79 Å². The molecule has 0 aliphatic carbocycles. The minimum absolute atomic E-state index is 0.205. The summed E-state index contributed by atoms with van der Waals surface area (Å²) in [6, 6.07) is 4.45. The highest BCUT2D eigenvalue weighted by molar-refractivity contribution is 5.94. The van der Waals surface area contributed by atoms with Gasteiger partial charge in [0.2, 0.25) is 0 Å². The summed E-state index contributed by atoms with van der Waals surface area (Å²) in [6.45, 7) is 3.31. The number of carbonyl (C=O) groups excluding carboxylic acids is 1. The molecule has 112 valence electrons. The number of hydrogen-bond donors (Lipinski definition) is 3. The largest absolute Gasteiger partial charge is 0.480 e. The molecule has 0 aromatic heterocycles. The van der Waals surface area contributed by atoms with E-state index < -0.39 is 23.4 Å². The van der Waals surface area contributed by atoms with Crippen molar-refractivity contribution in [3.63, 3.8) is 0 Å². The average Bonchev–Trinajstić information content (AvgIpc) is 2.46. The first-order valence-corrected chi connectivity index (χ1v) is 6.40. The molecule has 1 rings (SSSR count). The fourth-order valence-corrected chi connectivity index (χ4v) is 1.85. The summed E-state index contributed by atoms with van der Waals surface area (Å²) in [4.78, 5) is 23.2. The number of nitrogens with zero attached hydrogens (tertiary/aromatic N) is 1. The maximum Gasteiger partial charge on any atom is 0.329 e. The normalized spacial score (nSPS) is 10.6. The summed E-state index contributed by atoms with van der Waals surface area (Å²) in [5, 5.41) is 22.7. The molecule has 0 aliphatic heterocycles. The van der Waals surface area contributed by atoms with E-state index in [1.807, 2.05) is 0 Å². The molecule has 2 amide bonds. The molecular weight excluding hydrogens is 277 g/mol. The average molecular weight is 293 g/mol. The van der Waals surface area contributed by atoms with Crippen LogP contribution in [0.4, 0.5) is 14.9 Å². The number of anilines is 1. The van der Waals surface area contributed by atoms with E-state index >= 15 is 0 Å². The predicted molar refractivity (Wildman–Crippen MR) is 74.2 cm³/mol. The van der Waals surface area contributed by atoms with Crippen LogP contribution in [0.15, 0.2) is 18.2 Å². The quantitative estimate of drug-likeness (QED) is 0.776. The number of nitrogens with one attached hydrogen (secondary N) is 2. The van der Waals surface area contributed by atoms with Gasteiger partial charge in [-0.15, -0.1) is 0 Å². The lowest BCUT2D eigenvalue weighted by molar-refractivity contribution is -0.144. The topological polar surface area (TPSA) is 102 Å². The zero-order valence-electron chi connectivity index (χ0n) is 11.7. The van der Waals surface area contributed by atoms with Gasteiger partial charge in [-0.05, 0) is 31.0 Å². The van der Waals surface area contributed by atoms with E-state index in [-0.39, 0.29) is 24.1 Å². The summed E-state index contributed by atoms with van der Waals surface area (Å²) >= 11 is 0. The number of urea groups is 1. The van der Waals surface area contributed by atoms with Gasteiger partial charge in [0.15, 0.2) is 0 Å². The Kier molecular flexibility index (Phi) is 5.24. The second-order valence-electron chi connectivity index (χ2n) is 4.48. The minimum Gasteiger partial charge on any atom is -0.480 e. The lowest BCUT2D eigenvalue weighted by Crippen LogP contribution is -2.54. The predicted octanol–water partition coefficient (Wildman–Crippen LogP) is 2.46. The number of carbonyl (C=O) groups is 2. The molecule has 0 atom stereocenters. The summed E-state index contributed by atoms with van der Waals surface area (Å²) in [5.41, 5.74) is -1.36. The third kappa shape index (κ3) is 3.69. The van der Waals surface area contributed by atoms with Gasteiger partial charge in [-0.1, -0.05) is 13.8 Å². The van der Waals surface area contributed by atoms with Crippen molar-refractivity contribution in [3.05, 3.63) is 29.6 Å². The number of nitriles is 1. The molecule has 1 aromatic rings. The van der Waals surface area contributed by atoms with Crippen molar-refractivity contribution < 1.29 is 19.1 Å². The van der Waals surface area contributed by atoms with Crippen LogP contribution in [-0.4, -0.2) is 22.6 Å². The molecule has 0 unspecified atom stereocenters. The Labute approximate surface area is 121 Å². The molecule has 0 heterocycles. The lowest BCUT2D eigenvalue weighted by Gasteiger charge is -2.28. The SMILES string of the molecule is CCC(CC)(NC(=O)Nc1ccc(F)c(C#N)c1)C(=O)O. The van der Waals surface area contributed by atoms with Gasteiger partial charge < -0.3 is 15.7 Å². The van der Waals surface area contributed by atoms with Crippen LogP contribution in [0.5, 0.6) is 0 Å². The third-order valence-electron chi connectivity index (χ3n) is 3.31. The van der Waals surface area contributed by atoms with Gasteiger partial charge in [0.1, 0.15) is 17.4 Å². The third-order valence-corrected chi connectivity index (χ3v) is 3.31. The summed E-state index contributed by atoms with van der Waals surface area (Å²) < 4.78 is 13.2. The molecular formula is C14H16FN3O3. The van der Waals surface area contributed by atoms with Crippen molar-refractivity contribution in [2.75, 3.05) is 5.32 Å². The van der Waals surface area contributed by atoms with Crippen LogP contribution in [0.2, 0.25) is 0 Å². The molecule has 1 aromatic carbocycles. The maximum absolute atomic E-state index is 13.2. The number of hydrogen-bond acceptors (Lipinski definition) is 3. The maximum atomic E-state index is 13.2. The van der Waals surface area contributed by atoms with E-state index in [1.54, 1.807) is 19.9 Å². The Bertz CT molecular complexity index is 592. The van der Waals surface area contributed by atoms with Crippen molar-refractivity contribution in [1.29, 1.82) is 5.26 Å². The van der Waals surface area contributed by atoms with Crippen molar-refractivity contribution in [3.8, 4) is 6.07 Å². The Hall–Kier alpha value is -2.62. The molecule has 0 spiro atoms. The number of aliphatic carboxylic acids is 1. The highest BCUT2D eigenvalue weighted by atomic mass is 19.1. The van der Waals surface area contributed by atoms with Gasteiger partial charge in [-0.3, -0.25) is 0 Å². The Balaban J connectivity index is 2.87. The lowest BCUT2D eigenvalue weighted by atomic mass is 9.93. The van der Waals surface area contributed by atoms with E-state index in [9.17, 15) is 19.1 Å².